The van der Waals surface area contributed by atoms with Gasteiger partial charge in [-0.15, -0.1) is 0 Å². The van der Waals surface area contributed by atoms with Crippen LogP contribution in [0.25, 0.3) is 11.0 Å². The van der Waals surface area contributed by atoms with E-state index in [2.05, 4.69) is 6.58 Å². The van der Waals surface area contributed by atoms with E-state index in [9.17, 15) is 4.79 Å². The van der Waals surface area contributed by atoms with E-state index in [1.54, 1.807) is 56.5 Å². The molecule has 0 saturated heterocycles. The number of aryl methyl sites for hydroxylation is 1. The van der Waals surface area contributed by atoms with Crippen LogP contribution in [0.15, 0.2) is 63.8 Å². The van der Waals surface area contributed by atoms with E-state index in [-0.39, 0.29) is 11.2 Å². The van der Waals surface area contributed by atoms with Gasteiger partial charge in [0.2, 0.25) is 11.2 Å². The highest BCUT2D eigenvalue weighted by Gasteiger charge is 2.14. The molecule has 0 saturated carbocycles. The van der Waals surface area contributed by atoms with Crippen LogP contribution in [0, 0.1) is 6.92 Å². The van der Waals surface area contributed by atoms with Crippen LogP contribution in [-0.4, -0.2) is 13.7 Å². The summed E-state index contributed by atoms with van der Waals surface area (Å²) >= 11 is 0. The Morgan fingerprint density at radius 2 is 1.73 bits per heavy atom. The van der Waals surface area contributed by atoms with Crippen LogP contribution in [0.5, 0.6) is 23.0 Å². The van der Waals surface area contributed by atoms with Gasteiger partial charge in [0, 0.05) is 6.07 Å². The summed E-state index contributed by atoms with van der Waals surface area (Å²) in [5, 5.41) is 0.432. The highest BCUT2D eigenvalue weighted by atomic mass is 16.5. The maximum atomic E-state index is 12.8. The van der Waals surface area contributed by atoms with Crippen molar-refractivity contribution in [3.63, 3.8) is 0 Å². The minimum Gasteiger partial charge on any atom is -0.497 e. The Kier molecular flexibility index (Phi) is 4.98. The minimum absolute atomic E-state index is 0.165. The third kappa shape index (κ3) is 3.72. The molecule has 5 heteroatoms. The number of hydrogen-bond acceptors (Lipinski definition) is 5. The first kappa shape index (κ1) is 17.6. The summed E-state index contributed by atoms with van der Waals surface area (Å²) in [4.78, 5) is 12.8. The summed E-state index contributed by atoms with van der Waals surface area (Å²) in [6.07, 6.45) is 0. The van der Waals surface area contributed by atoms with Gasteiger partial charge in [-0.05, 0) is 55.8 Å². The van der Waals surface area contributed by atoms with Gasteiger partial charge in [0.25, 0.3) is 0 Å². The van der Waals surface area contributed by atoms with E-state index in [1.165, 1.54) is 0 Å². The molecular formula is C21H20O5. The molecule has 26 heavy (non-hydrogen) atoms. The molecule has 0 N–H and O–H groups in total. The quantitative estimate of drug-likeness (QED) is 0.593. The Balaban J connectivity index is 1.95. The van der Waals surface area contributed by atoms with E-state index in [0.717, 1.165) is 5.57 Å². The van der Waals surface area contributed by atoms with Crippen molar-refractivity contribution in [3.05, 3.63) is 70.6 Å². The zero-order valence-electron chi connectivity index (χ0n) is 15.0. The predicted octanol–water partition coefficient (Wildman–Crippen LogP) is 4.86. The van der Waals surface area contributed by atoms with Crippen LogP contribution in [0.1, 0.15) is 12.7 Å². The summed E-state index contributed by atoms with van der Waals surface area (Å²) < 4.78 is 22.3. The van der Waals surface area contributed by atoms with Gasteiger partial charge in [0.1, 0.15) is 35.2 Å². The predicted molar refractivity (Wildman–Crippen MR) is 101 cm³/mol. The third-order valence-corrected chi connectivity index (χ3v) is 3.75. The number of methoxy groups -OCH3 is 1. The molecule has 0 spiro atoms. The van der Waals surface area contributed by atoms with Crippen LogP contribution >= 0.6 is 0 Å². The van der Waals surface area contributed by atoms with Crippen molar-refractivity contribution in [3.8, 4) is 23.0 Å². The molecule has 0 atom stereocenters. The standard InChI is InChI=1S/C21H20O5/c1-13(2)12-24-17-9-10-18-19(11-17)25-14(3)21(20(18)22)26-16-7-5-15(23-4)6-8-16/h5-11H,1,12H2,2-4H3. The third-order valence-electron chi connectivity index (χ3n) is 3.75. The summed E-state index contributed by atoms with van der Waals surface area (Å²) in [6, 6.07) is 12.1. The Hall–Kier alpha value is -3.21. The molecule has 0 aliphatic heterocycles. The molecule has 0 radical (unpaired) electrons. The number of benzene rings is 2. The molecule has 1 heterocycles. The van der Waals surface area contributed by atoms with Crippen molar-refractivity contribution in [2.24, 2.45) is 0 Å². The van der Waals surface area contributed by atoms with Gasteiger partial charge in [0.15, 0.2) is 0 Å². The van der Waals surface area contributed by atoms with Gasteiger partial charge in [-0.25, -0.2) is 0 Å². The average molecular weight is 352 g/mol. The number of rotatable bonds is 6. The fraction of sp³-hybridized carbons (Fsp3) is 0.190. The fourth-order valence-electron chi connectivity index (χ4n) is 2.44. The molecule has 1 aromatic heterocycles. The lowest BCUT2D eigenvalue weighted by atomic mass is 10.2. The number of fused-ring (bicyclic) bond motifs is 1. The maximum Gasteiger partial charge on any atom is 0.235 e. The molecule has 3 rings (SSSR count). The summed E-state index contributed by atoms with van der Waals surface area (Å²) in [6.45, 7) is 7.79. The molecular weight excluding hydrogens is 332 g/mol. The Morgan fingerprint density at radius 1 is 1.08 bits per heavy atom. The Morgan fingerprint density at radius 3 is 2.38 bits per heavy atom. The van der Waals surface area contributed by atoms with Gasteiger partial charge in [0.05, 0.1) is 12.5 Å². The van der Waals surface area contributed by atoms with Crippen molar-refractivity contribution < 1.29 is 18.6 Å². The van der Waals surface area contributed by atoms with E-state index < -0.39 is 0 Å². The van der Waals surface area contributed by atoms with Crippen LogP contribution in [0.3, 0.4) is 0 Å². The van der Waals surface area contributed by atoms with Crippen molar-refractivity contribution in [2.75, 3.05) is 13.7 Å². The topological polar surface area (TPSA) is 57.9 Å². The van der Waals surface area contributed by atoms with Crippen LogP contribution < -0.4 is 19.6 Å². The zero-order valence-corrected chi connectivity index (χ0v) is 15.0. The minimum atomic E-state index is -0.231. The second kappa shape index (κ2) is 7.35. The molecule has 0 bridgehead atoms. The highest BCUT2D eigenvalue weighted by molar-refractivity contribution is 5.79. The van der Waals surface area contributed by atoms with E-state index in [4.69, 9.17) is 18.6 Å². The smallest absolute Gasteiger partial charge is 0.235 e. The second-order valence-electron chi connectivity index (χ2n) is 6.00. The zero-order chi connectivity index (χ0) is 18.7. The van der Waals surface area contributed by atoms with E-state index in [0.29, 0.717) is 40.6 Å². The van der Waals surface area contributed by atoms with Gasteiger partial charge in [-0.2, -0.15) is 0 Å². The molecule has 2 aromatic carbocycles. The average Bonchev–Trinajstić information content (AvgIpc) is 2.63. The van der Waals surface area contributed by atoms with E-state index >= 15 is 0 Å². The first-order valence-corrected chi connectivity index (χ1v) is 8.14. The Bertz CT molecular complexity index is 999. The van der Waals surface area contributed by atoms with Gasteiger partial charge in [-0.1, -0.05) is 6.58 Å². The molecule has 0 aliphatic carbocycles. The molecule has 134 valence electrons. The summed E-state index contributed by atoms with van der Waals surface area (Å²) in [7, 11) is 1.59. The number of hydrogen-bond donors (Lipinski definition) is 0. The van der Waals surface area contributed by atoms with Gasteiger partial charge in [-0.3, -0.25) is 4.79 Å². The lowest BCUT2D eigenvalue weighted by Crippen LogP contribution is -2.07. The molecule has 3 aromatic rings. The lowest BCUT2D eigenvalue weighted by molar-refractivity contribution is 0.352. The van der Waals surface area contributed by atoms with Crippen LogP contribution in [0.2, 0.25) is 0 Å². The van der Waals surface area contributed by atoms with Crippen molar-refractivity contribution >= 4 is 11.0 Å². The largest absolute Gasteiger partial charge is 0.497 e. The first-order chi connectivity index (χ1) is 12.5. The molecule has 0 amide bonds. The van der Waals surface area contributed by atoms with Crippen molar-refractivity contribution in [1.29, 1.82) is 0 Å². The monoisotopic (exact) mass is 352 g/mol. The summed E-state index contributed by atoms with van der Waals surface area (Å²) in [5.74, 6) is 2.42. The number of ether oxygens (including phenoxy) is 3. The van der Waals surface area contributed by atoms with Gasteiger partial charge >= 0.3 is 0 Å². The van der Waals surface area contributed by atoms with Crippen molar-refractivity contribution in [1.82, 2.24) is 0 Å². The Labute approximate surface area is 151 Å². The molecule has 0 aliphatic rings. The molecule has 0 fully saturated rings. The van der Waals surface area contributed by atoms with Crippen LogP contribution in [0.4, 0.5) is 0 Å². The van der Waals surface area contributed by atoms with E-state index in [1.807, 2.05) is 6.92 Å². The first-order valence-electron chi connectivity index (χ1n) is 8.14. The van der Waals surface area contributed by atoms with Gasteiger partial charge < -0.3 is 18.6 Å². The fourth-order valence-corrected chi connectivity index (χ4v) is 2.44. The SMILES string of the molecule is C=C(C)COc1ccc2c(=O)c(Oc3ccc(OC)cc3)c(C)oc2c1. The highest BCUT2D eigenvalue weighted by Crippen LogP contribution is 2.28. The maximum absolute atomic E-state index is 12.8. The lowest BCUT2D eigenvalue weighted by Gasteiger charge is -2.10. The van der Waals surface area contributed by atoms with Crippen LogP contribution in [-0.2, 0) is 0 Å². The van der Waals surface area contributed by atoms with Crippen molar-refractivity contribution in [2.45, 2.75) is 13.8 Å². The normalized spacial score (nSPS) is 10.6. The molecule has 5 nitrogen and oxygen atoms in total. The second-order valence-corrected chi connectivity index (χ2v) is 6.00. The molecule has 0 unspecified atom stereocenters. The summed E-state index contributed by atoms with van der Waals surface area (Å²) in [5.41, 5.74) is 1.13.